The van der Waals surface area contributed by atoms with Crippen LogP contribution in [0.25, 0.3) is 21.7 Å². The van der Waals surface area contributed by atoms with Gasteiger partial charge in [0.2, 0.25) is 5.89 Å². The molecule has 156 valence electrons. The molecule has 30 heavy (non-hydrogen) atoms. The van der Waals surface area contributed by atoms with Gasteiger partial charge in [0.15, 0.2) is 5.16 Å². The Morgan fingerprint density at radius 2 is 1.93 bits per heavy atom. The zero-order chi connectivity index (χ0) is 21.3. The normalized spacial score (nSPS) is 11.5. The summed E-state index contributed by atoms with van der Waals surface area (Å²) in [7, 11) is 1.63. The number of aromatic nitrogens is 3. The van der Waals surface area contributed by atoms with Gasteiger partial charge in [-0.05, 0) is 38.5 Å². The van der Waals surface area contributed by atoms with Gasteiger partial charge in [-0.3, -0.25) is 9.36 Å². The number of benzene rings is 1. The highest BCUT2D eigenvalue weighted by Gasteiger charge is 2.18. The number of oxazole rings is 1. The molecule has 0 spiro atoms. The van der Waals surface area contributed by atoms with Crippen molar-refractivity contribution in [2.24, 2.45) is 0 Å². The van der Waals surface area contributed by atoms with Crippen molar-refractivity contribution < 1.29 is 9.15 Å². The number of ether oxygens (including phenoxy) is 1. The fourth-order valence-electron chi connectivity index (χ4n) is 3.20. The molecule has 6 nitrogen and oxygen atoms in total. The van der Waals surface area contributed by atoms with Crippen LogP contribution in [0.15, 0.2) is 44.7 Å². The fraction of sp³-hybridized carbons (Fsp3) is 0.318. The highest BCUT2D eigenvalue weighted by Crippen LogP contribution is 2.30. The monoisotopic (exact) mass is 441 g/mol. The van der Waals surface area contributed by atoms with Crippen molar-refractivity contribution in [1.29, 1.82) is 0 Å². The number of fused-ring (bicyclic) bond motifs is 1. The van der Waals surface area contributed by atoms with Crippen LogP contribution in [0.1, 0.15) is 21.9 Å². The highest BCUT2D eigenvalue weighted by molar-refractivity contribution is 7.98. The molecule has 0 saturated heterocycles. The van der Waals surface area contributed by atoms with Crippen LogP contribution in [0.3, 0.4) is 0 Å². The maximum atomic E-state index is 13.2. The zero-order valence-electron chi connectivity index (χ0n) is 17.4. The van der Waals surface area contributed by atoms with Crippen molar-refractivity contribution in [2.75, 3.05) is 13.7 Å². The molecule has 3 heterocycles. The van der Waals surface area contributed by atoms with Gasteiger partial charge in [0, 0.05) is 23.3 Å². The number of thioether (sulfide) groups is 1. The van der Waals surface area contributed by atoms with Crippen LogP contribution < -0.4 is 5.56 Å². The van der Waals surface area contributed by atoms with E-state index in [0.717, 1.165) is 32.3 Å². The predicted octanol–water partition coefficient (Wildman–Crippen LogP) is 4.98. The highest BCUT2D eigenvalue weighted by atomic mass is 32.2. The number of rotatable bonds is 7. The maximum absolute atomic E-state index is 13.2. The van der Waals surface area contributed by atoms with E-state index in [1.165, 1.54) is 11.8 Å². The first-order valence-electron chi connectivity index (χ1n) is 9.63. The van der Waals surface area contributed by atoms with Gasteiger partial charge < -0.3 is 9.15 Å². The molecule has 8 heteroatoms. The van der Waals surface area contributed by atoms with Crippen LogP contribution >= 0.6 is 23.1 Å². The lowest BCUT2D eigenvalue weighted by molar-refractivity contribution is 0.183. The molecule has 3 aromatic heterocycles. The summed E-state index contributed by atoms with van der Waals surface area (Å²) in [6.07, 6.45) is 0. The number of nitrogens with zero attached hydrogens (tertiary/aromatic N) is 3. The van der Waals surface area contributed by atoms with E-state index in [1.807, 2.05) is 51.1 Å². The Bertz CT molecular complexity index is 1240. The van der Waals surface area contributed by atoms with Crippen LogP contribution in [0.5, 0.6) is 0 Å². The summed E-state index contributed by atoms with van der Waals surface area (Å²) >= 11 is 3.06. The summed E-state index contributed by atoms with van der Waals surface area (Å²) in [6, 6.07) is 9.83. The molecule has 0 fully saturated rings. The largest absolute Gasteiger partial charge is 0.441 e. The third-order valence-corrected chi connectivity index (χ3v) is 7.11. The van der Waals surface area contributed by atoms with Crippen LogP contribution in [-0.2, 0) is 17.0 Å². The summed E-state index contributed by atoms with van der Waals surface area (Å²) < 4.78 is 12.8. The Hall–Kier alpha value is -2.42. The van der Waals surface area contributed by atoms with Gasteiger partial charge in [-0.25, -0.2) is 9.97 Å². The Labute approximate surface area is 182 Å². The number of methoxy groups -OCH3 is 1. The van der Waals surface area contributed by atoms with Gasteiger partial charge in [-0.1, -0.05) is 30.0 Å². The molecule has 0 atom stereocenters. The van der Waals surface area contributed by atoms with E-state index in [1.54, 1.807) is 23.0 Å². The summed E-state index contributed by atoms with van der Waals surface area (Å²) in [5.74, 6) is 1.95. The van der Waals surface area contributed by atoms with E-state index in [0.29, 0.717) is 35.3 Å². The van der Waals surface area contributed by atoms with Gasteiger partial charge in [-0.15, -0.1) is 11.3 Å². The lowest BCUT2D eigenvalue weighted by Crippen LogP contribution is -2.25. The van der Waals surface area contributed by atoms with Crippen LogP contribution in [0, 0.1) is 20.8 Å². The molecule has 4 aromatic rings. The molecule has 0 amide bonds. The molecule has 0 unspecified atom stereocenters. The average molecular weight is 442 g/mol. The number of aryl methyl sites for hydroxylation is 3. The minimum atomic E-state index is -0.0109. The molecule has 1 aromatic carbocycles. The third-order valence-electron chi connectivity index (χ3n) is 5.02. The molecular formula is C22H23N3O3S2. The van der Waals surface area contributed by atoms with E-state index < -0.39 is 0 Å². The predicted molar refractivity (Wildman–Crippen MR) is 121 cm³/mol. The molecule has 0 radical (unpaired) electrons. The first-order chi connectivity index (χ1) is 14.5. The molecule has 0 bridgehead atoms. The Morgan fingerprint density at radius 3 is 2.67 bits per heavy atom. The van der Waals surface area contributed by atoms with E-state index in [4.69, 9.17) is 14.1 Å². The number of thiophene rings is 1. The molecule has 4 rings (SSSR count). The minimum Gasteiger partial charge on any atom is -0.441 e. The Morgan fingerprint density at radius 1 is 1.17 bits per heavy atom. The first kappa shape index (κ1) is 20.8. The van der Waals surface area contributed by atoms with Crippen LogP contribution in [0.2, 0.25) is 0 Å². The maximum Gasteiger partial charge on any atom is 0.263 e. The van der Waals surface area contributed by atoms with E-state index in [2.05, 4.69) is 4.98 Å². The topological polar surface area (TPSA) is 70.2 Å². The zero-order valence-corrected chi connectivity index (χ0v) is 19.0. The quantitative estimate of drug-likeness (QED) is 0.298. The van der Waals surface area contributed by atoms with E-state index in [-0.39, 0.29) is 5.56 Å². The number of hydrogen-bond acceptors (Lipinski definition) is 7. The average Bonchev–Trinajstić information content (AvgIpc) is 3.25. The summed E-state index contributed by atoms with van der Waals surface area (Å²) in [5, 5.41) is 1.39. The second-order valence-electron chi connectivity index (χ2n) is 6.98. The second kappa shape index (κ2) is 8.75. The van der Waals surface area contributed by atoms with Crippen LogP contribution in [-0.4, -0.2) is 28.3 Å². The van der Waals surface area contributed by atoms with Crippen molar-refractivity contribution in [3.05, 3.63) is 62.6 Å². The van der Waals surface area contributed by atoms with Crippen molar-refractivity contribution in [2.45, 2.75) is 38.2 Å². The lowest BCUT2D eigenvalue weighted by Gasteiger charge is -2.11. The standard InChI is InChI=1S/C22H23N3O3S2/c1-13-15(3)30-20-18(13)21(26)25(10-11-27-4)22(24-20)29-12-17-14(2)28-19(23-17)16-8-6-5-7-9-16/h5-9H,10-12H2,1-4H3. The van der Waals surface area contributed by atoms with Crippen molar-refractivity contribution in [1.82, 2.24) is 14.5 Å². The third kappa shape index (κ3) is 3.95. The fourth-order valence-corrected chi connectivity index (χ4v) is 5.29. The molecule has 0 N–H and O–H groups in total. The Balaban J connectivity index is 1.67. The van der Waals surface area contributed by atoms with Gasteiger partial charge in [0.05, 0.1) is 24.2 Å². The van der Waals surface area contributed by atoms with Gasteiger partial charge in [0.1, 0.15) is 10.6 Å². The summed E-state index contributed by atoms with van der Waals surface area (Å²) in [4.78, 5) is 24.6. The smallest absolute Gasteiger partial charge is 0.263 e. The lowest BCUT2D eigenvalue weighted by atomic mass is 10.2. The summed E-state index contributed by atoms with van der Waals surface area (Å²) in [5.41, 5.74) is 2.79. The molecule has 0 saturated carbocycles. The van der Waals surface area contributed by atoms with Crippen molar-refractivity contribution >= 4 is 33.3 Å². The molecular weight excluding hydrogens is 418 g/mol. The van der Waals surface area contributed by atoms with Crippen molar-refractivity contribution in [3.8, 4) is 11.5 Å². The van der Waals surface area contributed by atoms with Crippen molar-refractivity contribution in [3.63, 3.8) is 0 Å². The Kier molecular flexibility index (Phi) is 6.08. The minimum absolute atomic E-state index is 0.0109. The van der Waals surface area contributed by atoms with Crippen LogP contribution in [0.4, 0.5) is 0 Å². The van der Waals surface area contributed by atoms with E-state index >= 15 is 0 Å². The number of hydrogen-bond donors (Lipinski definition) is 0. The van der Waals surface area contributed by atoms with Gasteiger partial charge >= 0.3 is 0 Å². The first-order valence-corrected chi connectivity index (χ1v) is 11.4. The van der Waals surface area contributed by atoms with Gasteiger partial charge in [-0.2, -0.15) is 0 Å². The van der Waals surface area contributed by atoms with Gasteiger partial charge in [0.25, 0.3) is 5.56 Å². The molecule has 0 aliphatic carbocycles. The second-order valence-corrected chi connectivity index (χ2v) is 9.13. The SMILES string of the molecule is COCCn1c(SCc2nc(-c3ccccc3)oc2C)nc2sc(C)c(C)c2c1=O. The summed E-state index contributed by atoms with van der Waals surface area (Å²) in [6.45, 7) is 6.83. The molecule has 0 aliphatic rings. The molecule has 0 aliphatic heterocycles. The van der Waals surface area contributed by atoms with E-state index in [9.17, 15) is 4.79 Å².